The fourth-order valence-electron chi connectivity index (χ4n) is 7.93. The summed E-state index contributed by atoms with van der Waals surface area (Å²) < 4.78 is 17.3. The number of anilines is 1. The molecule has 0 spiro atoms. The Bertz CT molecular complexity index is 1120. The van der Waals surface area contributed by atoms with E-state index in [1.165, 1.54) is 49.2 Å². The van der Waals surface area contributed by atoms with Gasteiger partial charge in [0.15, 0.2) is 6.04 Å². The zero-order valence-electron chi connectivity index (χ0n) is 18.4. The first kappa shape index (κ1) is 19.3. The normalized spacial score (nSPS) is 32.5. The molecule has 4 aliphatic carbocycles. The molecule has 4 heteroatoms. The first-order valence-corrected chi connectivity index (χ1v) is 13.1. The van der Waals surface area contributed by atoms with Crippen LogP contribution in [0.25, 0.3) is 0 Å². The highest BCUT2D eigenvalue weighted by atomic mass is 32.1. The molecule has 0 amide bonds. The van der Waals surface area contributed by atoms with Gasteiger partial charge in [-0.05, 0) is 62.3 Å². The van der Waals surface area contributed by atoms with Gasteiger partial charge in [0.25, 0.3) is 0 Å². The first-order valence-electron chi connectivity index (χ1n) is 12.3. The largest absolute Gasteiger partial charge is 0.337 e. The Morgan fingerprint density at radius 2 is 1.56 bits per heavy atom. The third-order valence-electron chi connectivity index (χ3n) is 8.84. The maximum Gasteiger partial charge on any atom is 0.337 e. The van der Waals surface area contributed by atoms with Gasteiger partial charge in [0.05, 0.1) is 0 Å². The number of hydrogen-bond acceptors (Lipinski definition) is 2. The predicted octanol–water partition coefficient (Wildman–Crippen LogP) is 6.40. The molecule has 5 aliphatic rings. The summed E-state index contributed by atoms with van der Waals surface area (Å²) in [6, 6.07) is 18.4. The van der Waals surface area contributed by atoms with Gasteiger partial charge in [-0.3, -0.25) is 0 Å². The first-order chi connectivity index (χ1) is 15.7. The summed E-state index contributed by atoms with van der Waals surface area (Å²) in [5.41, 5.74) is 4.09. The Morgan fingerprint density at radius 3 is 2.25 bits per heavy atom. The van der Waals surface area contributed by atoms with Crippen LogP contribution >= 0.6 is 11.3 Å². The van der Waals surface area contributed by atoms with Gasteiger partial charge < -0.3 is 0 Å². The third kappa shape index (κ3) is 2.91. The summed E-state index contributed by atoms with van der Waals surface area (Å²) in [6.45, 7) is 1.60. The Hall–Kier alpha value is -2.20. The predicted molar refractivity (Wildman–Crippen MR) is 126 cm³/mol. The number of fused-ring (bicyclic) bond motifs is 1. The van der Waals surface area contributed by atoms with Gasteiger partial charge in [-0.15, -0.1) is 0 Å². The maximum atomic E-state index is 14.6. The lowest BCUT2D eigenvalue weighted by molar-refractivity contribution is -0.682. The number of aromatic nitrogens is 1. The van der Waals surface area contributed by atoms with E-state index in [2.05, 4.69) is 45.2 Å². The maximum absolute atomic E-state index is 14.6. The number of benzene rings is 2. The average Bonchev–Trinajstić information content (AvgIpc) is 3.35. The van der Waals surface area contributed by atoms with E-state index in [9.17, 15) is 4.39 Å². The lowest BCUT2D eigenvalue weighted by Gasteiger charge is -2.55. The van der Waals surface area contributed by atoms with Crippen LogP contribution in [0.15, 0.2) is 60.0 Å². The van der Waals surface area contributed by atoms with Gasteiger partial charge in [-0.1, -0.05) is 59.9 Å². The minimum absolute atomic E-state index is 0.101. The second-order valence-corrected chi connectivity index (χ2v) is 11.7. The van der Waals surface area contributed by atoms with Crippen LogP contribution in [0.2, 0.25) is 0 Å². The molecule has 1 atom stereocenters. The summed E-state index contributed by atoms with van der Waals surface area (Å²) in [6.07, 6.45) is 8.59. The van der Waals surface area contributed by atoms with Crippen molar-refractivity contribution in [2.45, 2.75) is 63.1 Å². The van der Waals surface area contributed by atoms with Crippen molar-refractivity contribution < 1.29 is 8.96 Å². The van der Waals surface area contributed by atoms with Crippen molar-refractivity contribution in [3.8, 4) is 0 Å². The number of hydrogen-bond donors (Lipinski definition) is 0. The Labute approximate surface area is 193 Å². The monoisotopic (exact) mass is 445 g/mol. The number of rotatable bonds is 4. The van der Waals surface area contributed by atoms with E-state index in [-0.39, 0.29) is 11.9 Å². The zero-order valence-corrected chi connectivity index (χ0v) is 19.2. The van der Waals surface area contributed by atoms with Crippen LogP contribution in [0, 0.1) is 23.6 Å². The Balaban J connectivity index is 1.30. The summed E-state index contributed by atoms with van der Waals surface area (Å²) in [5.74, 6) is 2.73. The average molecular weight is 446 g/mol. The van der Waals surface area contributed by atoms with Gasteiger partial charge in [0.2, 0.25) is 0 Å². The van der Waals surface area contributed by atoms with Crippen LogP contribution in [0.4, 0.5) is 9.52 Å². The highest BCUT2D eigenvalue weighted by molar-refractivity contribution is 7.13. The molecule has 164 valence electrons. The van der Waals surface area contributed by atoms with Crippen molar-refractivity contribution in [2.75, 3.05) is 4.90 Å². The second kappa shape index (κ2) is 7.15. The molecule has 2 aromatic carbocycles. The van der Waals surface area contributed by atoms with E-state index >= 15 is 0 Å². The lowest BCUT2D eigenvalue weighted by atomic mass is 9.49. The van der Waals surface area contributed by atoms with Gasteiger partial charge in [0, 0.05) is 21.9 Å². The minimum atomic E-state index is -0.101. The quantitative estimate of drug-likeness (QED) is 0.421. The van der Waals surface area contributed by atoms with E-state index in [0.29, 0.717) is 12.0 Å². The molecule has 1 aliphatic heterocycles. The number of thiazole rings is 1. The molecule has 1 unspecified atom stereocenters. The third-order valence-corrected chi connectivity index (χ3v) is 9.85. The molecule has 4 bridgehead atoms. The van der Waals surface area contributed by atoms with Crippen molar-refractivity contribution in [3.05, 3.63) is 82.6 Å². The van der Waals surface area contributed by atoms with Crippen LogP contribution in [0.5, 0.6) is 0 Å². The van der Waals surface area contributed by atoms with Crippen LogP contribution in [0.1, 0.15) is 61.4 Å². The van der Waals surface area contributed by atoms with Crippen molar-refractivity contribution in [1.29, 1.82) is 0 Å². The SMILES string of the molecule is Fc1ccccc1CN1c2scc(C34CC5CC(CC(C5)C3)C4)[n+]2CC1c1ccccc1. The lowest BCUT2D eigenvalue weighted by Crippen LogP contribution is -2.53. The zero-order chi connectivity index (χ0) is 21.3. The van der Waals surface area contributed by atoms with E-state index in [4.69, 9.17) is 0 Å². The Kier molecular flexibility index (Phi) is 4.31. The summed E-state index contributed by atoms with van der Waals surface area (Å²) in [7, 11) is 0. The Morgan fingerprint density at radius 1 is 0.906 bits per heavy atom. The molecule has 32 heavy (non-hydrogen) atoms. The summed E-state index contributed by atoms with van der Waals surface area (Å²) in [5, 5.41) is 3.78. The molecular weight excluding hydrogens is 415 g/mol. The van der Waals surface area contributed by atoms with E-state index < -0.39 is 0 Å². The van der Waals surface area contributed by atoms with E-state index in [0.717, 1.165) is 29.9 Å². The summed E-state index contributed by atoms with van der Waals surface area (Å²) >= 11 is 1.89. The standard InChI is InChI=1S/C28H30FN2S/c29-24-9-5-4-8-23(24)16-30-25(22-6-2-1-3-7-22)17-31-26(18-32-27(30)31)28-13-19-10-20(14-28)12-21(11-19)15-28/h1-9,18-21,25H,10-17H2/q+1. The molecule has 4 fully saturated rings. The van der Waals surface area contributed by atoms with Gasteiger partial charge in [-0.25, -0.2) is 13.9 Å². The van der Waals surface area contributed by atoms with E-state index in [1.54, 1.807) is 17.8 Å². The highest BCUT2D eigenvalue weighted by Crippen LogP contribution is 2.61. The smallest absolute Gasteiger partial charge is 0.237 e. The van der Waals surface area contributed by atoms with Crippen LogP contribution < -0.4 is 9.47 Å². The minimum Gasteiger partial charge on any atom is -0.237 e. The van der Waals surface area contributed by atoms with Gasteiger partial charge >= 0.3 is 5.13 Å². The topological polar surface area (TPSA) is 7.12 Å². The van der Waals surface area contributed by atoms with Gasteiger partial charge in [-0.2, -0.15) is 0 Å². The fourth-order valence-corrected chi connectivity index (χ4v) is 9.15. The van der Waals surface area contributed by atoms with Crippen LogP contribution in [-0.4, -0.2) is 0 Å². The number of nitrogens with zero attached hydrogens (tertiary/aromatic N) is 2. The molecule has 8 rings (SSSR count). The molecular formula is C28H30FN2S+. The molecule has 4 saturated carbocycles. The molecule has 2 nitrogen and oxygen atoms in total. The second-order valence-electron chi connectivity index (χ2n) is 10.9. The highest BCUT2D eigenvalue weighted by Gasteiger charge is 2.56. The van der Waals surface area contributed by atoms with Crippen molar-refractivity contribution in [3.63, 3.8) is 0 Å². The van der Waals surface area contributed by atoms with Crippen molar-refractivity contribution >= 4 is 16.5 Å². The summed E-state index contributed by atoms with van der Waals surface area (Å²) in [4.78, 5) is 2.46. The fraction of sp³-hybridized carbons (Fsp3) is 0.464. The molecule has 0 radical (unpaired) electrons. The molecule has 2 heterocycles. The van der Waals surface area contributed by atoms with Crippen LogP contribution in [0.3, 0.4) is 0 Å². The molecule has 0 N–H and O–H groups in total. The van der Waals surface area contributed by atoms with Crippen LogP contribution in [-0.2, 0) is 18.5 Å². The van der Waals surface area contributed by atoms with Crippen molar-refractivity contribution in [1.82, 2.24) is 0 Å². The van der Waals surface area contributed by atoms with Crippen molar-refractivity contribution in [2.24, 2.45) is 17.8 Å². The van der Waals surface area contributed by atoms with Gasteiger partial charge in [0.1, 0.15) is 24.6 Å². The molecule has 3 aromatic rings. The molecule has 1 aromatic heterocycles. The molecule has 0 saturated heterocycles. The van der Waals surface area contributed by atoms with E-state index in [1.807, 2.05) is 23.5 Å². The number of halogens is 1.